The van der Waals surface area contributed by atoms with Crippen LogP contribution in [0.25, 0.3) is 11.4 Å². The van der Waals surface area contributed by atoms with Crippen LogP contribution in [0.15, 0.2) is 28.8 Å². The van der Waals surface area contributed by atoms with E-state index in [0.29, 0.717) is 29.7 Å². The van der Waals surface area contributed by atoms with Crippen LogP contribution in [0.4, 0.5) is 4.39 Å². The smallest absolute Gasteiger partial charge is 0.230 e. The maximum absolute atomic E-state index is 13.7. The van der Waals surface area contributed by atoms with Gasteiger partial charge in [0.25, 0.3) is 0 Å². The van der Waals surface area contributed by atoms with Crippen LogP contribution in [0.2, 0.25) is 0 Å². The minimum atomic E-state index is -0.336. The third-order valence-corrected chi connectivity index (χ3v) is 3.84. The van der Waals surface area contributed by atoms with E-state index in [1.165, 1.54) is 6.07 Å². The maximum atomic E-state index is 13.7. The van der Waals surface area contributed by atoms with Crippen molar-refractivity contribution in [3.8, 4) is 11.4 Å². The molecular formula is C14H16FN3O. The molecule has 0 spiro atoms. The Kier molecular flexibility index (Phi) is 3.29. The van der Waals surface area contributed by atoms with Gasteiger partial charge in [0.1, 0.15) is 5.82 Å². The number of nitrogens with two attached hydrogens (primary N) is 1. The molecule has 4 nitrogen and oxygen atoms in total. The summed E-state index contributed by atoms with van der Waals surface area (Å²) < 4.78 is 19.0. The van der Waals surface area contributed by atoms with Gasteiger partial charge in [-0.05, 0) is 37.4 Å². The van der Waals surface area contributed by atoms with Crippen LogP contribution in [-0.2, 0) is 0 Å². The predicted molar refractivity (Wildman–Crippen MR) is 68.8 cm³/mol. The molecule has 2 atom stereocenters. The van der Waals surface area contributed by atoms with Crippen molar-refractivity contribution in [3.05, 3.63) is 36.0 Å². The molecule has 0 amide bonds. The van der Waals surface area contributed by atoms with Gasteiger partial charge in [-0.2, -0.15) is 4.98 Å². The Hall–Kier alpha value is -1.75. The van der Waals surface area contributed by atoms with Gasteiger partial charge in [-0.25, -0.2) is 4.39 Å². The molecule has 1 aromatic carbocycles. The van der Waals surface area contributed by atoms with Crippen molar-refractivity contribution in [1.29, 1.82) is 0 Å². The molecule has 5 heteroatoms. The highest BCUT2D eigenvalue weighted by Gasteiger charge is 2.32. The van der Waals surface area contributed by atoms with Crippen molar-refractivity contribution >= 4 is 0 Å². The lowest BCUT2D eigenvalue weighted by molar-refractivity contribution is 0.326. The summed E-state index contributed by atoms with van der Waals surface area (Å²) in [5.74, 6) is 1.19. The first-order valence-corrected chi connectivity index (χ1v) is 6.58. The Morgan fingerprint density at radius 2 is 2.16 bits per heavy atom. The van der Waals surface area contributed by atoms with Gasteiger partial charge in [0, 0.05) is 5.92 Å². The zero-order chi connectivity index (χ0) is 13.2. The van der Waals surface area contributed by atoms with Crippen molar-refractivity contribution in [2.45, 2.75) is 25.2 Å². The fourth-order valence-electron chi connectivity index (χ4n) is 2.78. The van der Waals surface area contributed by atoms with Crippen LogP contribution >= 0.6 is 0 Å². The van der Waals surface area contributed by atoms with Gasteiger partial charge in [0.15, 0.2) is 0 Å². The third-order valence-electron chi connectivity index (χ3n) is 3.84. The van der Waals surface area contributed by atoms with Crippen LogP contribution in [0.5, 0.6) is 0 Å². The minimum Gasteiger partial charge on any atom is -0.339 e. The van der Waals surface area contributed by atoms with Crippen LogP contribution < -0.4 is 5.73 Å². The first-order chi connectivity index (χ1) is 9.29. The van der Waals surface area contributed by atoms with Crippen molar-refractivity contribution in [1.82, 2.24) is 10.1 Å². The molecule has 19 heavy (non-hydrogen) atoms. The normalized spacial score (nSPS) is 22.8. The highest BCUT2D eigenvalue weighted by molar-refractivity contribution is 5.54. The Labute approximate surface area is 110 Å². The van der Waals surface area contributed by atoms with E-state index in [2.05, 4.69) is 10.1 Å². The molecule has 2 N–H and O–H groups in total. The second-order valence-electron chi connectivity index (χ2n) is 4.97. The molecule has 0 saturated heterocycles. The number of aromatic nitrogens is 2. The lowest BCUT2D eigenvalue weighted by Crippen LogP contribution is -2.17. The highest BCUT2D eigenvalue weighted by atomic mass is 19.1. The summed E-state index contributed by atoms with van der Waals surface area (Å²) in [5, 5.41) is 3.89. The third kappa shape index (κ3) is 2.26. The molecule has 1 aliphatic rings. The first-order valence-electron chi connectivity index (χ1n) is 6.58. The Morgan fingerprint density at radius 3 is 2.95 bits per heavy atom. The van der Waals surface area contributed by atoms with Gasteiger partial charge in [-0.3, -0.25) is 0 Å². The molecule has 1 aliphatic carbocycles. The zero-order valence-corrected chi connectivity index (χ0v) is 10.6. The molecule has 2 aromatic rings. The van der Waals surface area contributed by atoms with Crippen molar-refractivity contribution in [3.63, 3.8) is 0 Å². The second kappa shape index (κ2) is 5.09. The maximum Gasteiger partial charge on any atom is 0.230 e. The molecule has 1 heterocycles. The molecule has 0 bridgehead atoms. The quantitative estimate of drug-likeness (QED) is 0.922. The Bertz CT molecular complexity index is 569. The predicted octanol–water partition coefficient (Wildman–Crippen LogP) is 2.72. The highest BCUT2D eigenvalue weighted by Crippen LogP contribution is 2.38. The number of hydrogen-bond acceptors (Lipinski definition) is 4. The van der Waals surface area contributed by atoms with E-state index in [0.717, 1.165) is 19.3 Å². The fraction of sp³-hybridized carbons (Fsp3) is 0.429. The Balaban J connectivity index is 1.90. The van der Waals surface area contributed by atoms with Gasteiger partial charge < -0.3 is 10.3 Å². The largest absolute Gasteiger partial charge is 0.339 e. The SMILES string of the molecule is NCC1CCCC1c1nc(-c2ccccc2F)no1. The average Bonchev–Trinajstić information content (AvgIpc) is 3.07. The van der Waals surface area contributed by atoms with Gasteiger partial charge in [0.2, 0.25) is 11.7 Å². The molecule has 3 rings (SSSR count). The number of benzene rings is 1. The number of nitrogens with zero attached hydrogens (tertiary/aromatic N) is 2. The van der Waals surface area contributed by atoms with Gasteiger partial charge in [0.05, 0.1) is 5.56 Å². The van der Waals surface area contributed by atoms with E-state index < -0.39 is 0 Å². The average molecular weight is 261 g/mol. The molecule has 100 valence electrons. The minimum absolute atomic E-state index is 0.220. The summed E-state index contributed by atoms with van der Waals surface area (Å²) in [6.07, 6.45) is 3.24. The Morgan fingerprint density at radius 1 is 1.32 bits per heavy atom. The summed E-state index contributed by atoms with van der Waals surface area (Å²) in [5.41, 5.74) is 6.13. The van der Waals surface area contributed by atoms with Gasteiger partial charge >= 0.3 is 0 Å². The van der Waals surface area contributed by atoms with E-state index in [9.17, 15) is 4.39 Å². The van der Waals surface area contributed by atoms with E-state index in [-0.39, 0.29) is 11.7 Å². The topological polar surface area (TPSA) is 64.9 Å². The summed E-state index contributed by atoms with van der Waals surface area (Å²) in [6.45, 7) is 0.627. The lowest BCUT2D eigenvalue weighted by atomic mass is 9.96. The van der Waals surface area contributed by atoms with Crippen molar-refractivity contribution in [2.24, 2.45) is 11.7 Å². The lowest BCUT2D eigenvalue weighted by Gasteiger charge is -2.12. The number of rotatable bonds is 3. The van der Waals surface area contributed by atoms with E-state index in [4.69, 9.17) is 10.3 Å². The summed E-state index contributed by atoms with van der Waals surface area (Å²) >= 11 is 0. The van der Waals surface area contributed by atoms with Gasteiger partial charge in [-0.1, -0.05) is 23.7 Å². The number of halogens is 1. The monoisotopic (exact) mass is 261 g/mol. The van der Waals surface area contributed by atoms with Crippen LogP contribution in [0, 0.1) is 11.7 Å². The summed E-state index contributed by atoms with van der Waals surface area (Å²) in [7, 11) is 0. The van der Waals surface area contributed by atoms with E-state index in [1.54, 1.807) is 18.2 Å². The summed E-state index contributed by atoms with van der Waals surface area (Å²) in [4.78, 5) is 4.35. The van der Waals surface area contributed by atoms with Gasteiger partial charge in [-0.15, -0.1) is 0 Å². The molecule has 0 radical (unpaired) electrons. The molecule has 1 saturated carbocycles. The van der Waals surface area contributed by atoms with Crippen LogP contribution in [0.1, 0.15) is 31.1 Å². The second-order valence-corrected chi connectivity index (χ2v) is 4.97. The molecule has 2 unspecified atom stereocenters. The molecular weight excluding hydrogens is 245 g/mol. The molecule has 1 aromatic heterocycles. The van der Waals surface area contributed by atoms with Crippen LogP contribution in [-0.4, -0.2) is 16.7 Å². The molecule has 1 fully saturated rings. The van der Waals surface area contributed by atoms with Crippen molar-refractivity contribution in [2.75, 3.05) is 6.54 Å². The fourth-order valence-corrected chi connectivity index (χ4v) is 2.78. The molecule has 0 aliphatic heterocycles. The van der Waals surface area contributed by atoms with Crippen molar-refractivity contribution < 1.29 is 8.91 Å². The summed E-state index contributed by atoms with van der Waals surface area (Å²) in [6, 6.07) is 6.44. The zero-order valence-electron chi connectivity index (χ0n) is 10.6. The first kappa shape index (κ1) is 12.3. The van der Waals surface area contributed by atoms with E-state index in [1.807, 2.05) is 0 Å². The number of hydrogen-bond donors (Lipinski definition) is 1. The van der Waals surface area contributed by atoms with E-state index >= 15 is 0 Å². The van der Waals surface area contributed by atoms with Crippen LogP contribution in [0.3, 0.4) is 0 Å². The standard InChI is InChI=1S/C14H16FN3O/c15-12-7-2-1-5-11(12)13-17-14(19-18-13)10-6-3-4-9(10)8-16/h1-2,5,7,9-10H,3-4,6,8,16H2.